The predicted octanol–water partition coefficient (Wildman–Crippen LogP) is 2.45. The van der Waals surface area contributed by atoms with Gasteiger partial charge < -0.3 is 15.7 Å². The lowest BCUT2D eigenvalue weighted by molar-refractivity contribution is 0.0449. The zero-order valence-electron chi connectivity index (χ0n) is 11.4. The number of aliphatic hydroxyl groups is 1. The Hall–Kier alpha value is -1.06. The number of piperidine rings is 1. The van der Waals surface area contributed by atoms with Gasteiger partial charge in [0.2, 0.25) is 0 Å². The van der Waals surface area contributed by atoms with Crippen LogP contribution in [0.25, 0.3) is 0 Å². The molecule has 0 radical (unpaired) electrons. The van der Waals surface area contributed by atoms with Crippen LogP contribution in [0.2, 0.25) is 0 Å². The molecule has 0 bridgehead atoms. The molecule has 1 aliphatic rings. The highest BCUT2D eigenvalue weighted by Crippen LogP contribution is 2.31. The van der Waals surface area contributed by atoms with Gasteiger partial charge in [-0.3, -0.25) is 0 Å². The Morgan fingerprint density at radius 3 is 2.83 bits per heavy atom. The van der Waals surface area contributed by atoms with Gasteiger partial charge in [-0.2, -0.15) is 0 Å². The third-order valence-electron chi connectivity index (χ3n) is 3.79. The van der Waals surface area contributed by atoms with Crippen LogP contribution < -0.4 is 10.6 Å². The Bertz CT molecular complexity index is 403. The first-order valence-corrected chi connectivity index (χ1v) is 6.85. The molecule has 1 aromatic carbocycles. The lowest BCUT2D eigenvalue weighted by Gasteiger charge is -2.39. The second-order valence-corrected chi connectivity index (χ2v) is 5.60. The average Bonchev–Trinajstić information content (AvgIpc) is 2.36. The van der Waals surface area contributed by atoms with E-state index in [0.29, 0.717) is 6.54 Å². The fourth-order valence-electron chi connectivity index (χ4n) is 2.73. The zero-order chi connectivity index (χ0) is 13.2. The normalized spacial score (nSPS) is 26.1. The van der Waals surface area contributed by atoms with Crippen LogP contribution in [0.1, 0.15) is 44.7 Å². The maximum Gasteiger partial charge on any atom is 0.0794 e. The van der Waals surface area contributed by atoms with Gasteiger partial charge in [-0.15, -0.1) is 0 Å². The molecule has 1 heterocycles. The molecule has 1 aromatic rings. The minimum Gasteiger partial charge on any atom is -0.388 e. The SMILES string of the molecule is CCC(N)c1ccccc1N1CCCC(C)(O)C1. The first-order chi connectivity index (χ1) is 8.53. The van der Waals surface area contributed by atoms with Crippen molar-refractivity contribution in [2.24, 2.45) is 5.73 Å². The fraction of sp³-hybridized carbons (Fsp3) is 0.600. The molecule has 0 amide bonds. The van der Waals surface area contributed by atoms with Gasteiger partial charge in [-0.25, -0.2) is 0 Å². The fourth-order valence-corrected chi connectivity index (χ4v) is 2.73. The van der Waals surface area contributed by atoms with Crippen LogP contribution >= 0.6 is 0 Å². The monoisotopic (exact) mass is 248 g/mol. The van der Waals surface area contributed by atoms with Crippen LogP contribution in [0.15, 0.2) is 24.3 Å². The summed E-state index contributed by atoms with van der Waals surface area (Å²) in [5, 5.41) is 10.2. The summed E-state index contributed by atoms with van der Waals surface area (Å²) in [7, 11) is 0. The number of hydrogen-bond acceptors (Lipinski definition) is 3. The topological polar surface area (TPSA) is 49.5 Å². The highest BCUT2D eigenvalue weighted by molar-refractivity contribution is 5.55. The van der Waals surface area contributed by atoms with Gasteiger partial charge in [0.1, 0.15) is 0 Å². The third kappa shape index (κ3) is 2.85. The molecule has 0 aromatic heterocycles. The van der Waals surface area contributed by atoms with Crippen molar-refractivity contribution in [3.8, 4) is 0 Å². The molecule has 0 aliphatic carbocycles. The lowest BCUT2D eigenvalue weighted by Crippen LogP contribution is -2.46. The van der Waals surface area contributed by atoms with E-state index in [0.717, 1.165) is 25.8 Å². The van der Waals surface area contributed by atoms with Crippen molar-refractivity contribution in [3.05, 3.63) is 29.8 Å². The van der Waals surface area contributed by atoms with Crippen LogP contribution in [0.3, 0.4) is 0 Å². The maximum atomic E-state index is 10.2. The van der Waals surface area contributed by atoms with Gasteiger partial charge in [-0.05, 0) is 37.8 Å². The van der Waals surface area contributed by atoms with Crippen molar-refractivity contribution < 1.29 is 5.11 Å². The van der Waals surface area contributed by atoms with E-state index < -0.39 is 5.60 Å². The Morgan fingerprint density at radius 2 is 2.17 bits per heavy atom. The number of β-amino-alcohol motifs (C(OH)–C–C–N with tert-alkyl or cyclic N) is 1. The van der Waals surface area contributed by atoms with Crippen LogP contribution in [0.4, 0.5) is 5.69 Å². The van der Waals surface area contributed by atoms with Crippen LogP contribution in [-0.2, 0) is 0 Å². The number of hydrogen-bond donors (Lipinski definition) is 2. The standard InChI is InChI=1S/C15H24N2O/c1-3-13(16)12-7-4-5-8-14(12)17-10-6-9-15(2,18)11-17/h4-5,7-8,13,18H,3,6,9-11,16H2,1-2H3. The van der Waals surface area contributed by atoms with Crippen LogP contribution in [-0.4, -0.2) is 23.8 Å². The summed E-state index contributed by atoms with van der Waals surface area (Å²) in [4.78, 5) is 2.27. The number of para-hydroxylation sites is 1. The van der Waals surface area contributed by atoms with Gasteiger partial charge >= 0.3 is 0 Å². The first kappa shape index (κ1) is 13.4. The minimum atomic E-state index is -0.582. The molecule has 0 spiro atoms. The van der Waals surface area contributed by atoms with E-state index in [-0.39, 0.29) is 6.04 Å². The summed E-state index contributed by atoms with van der Waals surface area (Å²) in [6, 6.07) is 8.38. The van der Waals surface area contributed by atoms with Gasteiger partial charge in [-0.1, -0.05) is 25.1 Å². The van der Waals surface area contributed by atoms with Crippen molar-refractivity contribution in [2.45, 2.75) is 44.8 Å². The second kappa shape index (κ2) is 5.29. The minimum absolute atomic E-state index is 0.0769. The van der Waals surface area contributed by atoms with Gasteiger partial charge in [0.15, 0.2) is 0 Å². The van der Waals surface area contributed by atoms with Crippen molar-refractivity contribution in [3.63, 3.8) is 0 Å². The summed E-state index contributed by atoms with van der Waals surface area (Å²) in [6.07, 6.45) is 2.84. The molecule has 3 heteroatoms. The highest BCUT2D eigenvalue weighted by Gasteiger charge is 2.29. The van der Waals surface area contributed by atoms with Gasteiger partial charge in [0.05, 0.1) is 5.60 Å². The molecule has 3 N–H and O–H groups in total. The molecule has 18 heavy (non-hydrogen) atoms. The molecular formula is C15H24N2O. The quantitative estimate of drug-likeness (QED) is 0.864. The van der Waals surface area contributed by atoms with E-state index in [1.54, 1.807) is 0 Å². The number of anilines is 1. The maximum absolute atomic E-state index is 10.2. The van der Waals surface area contributed by atoms with Crippen molar-refractivity contribution in [1.29, 1.82) is 0 Å². The largest absolute Gasteiger partial charge is 0.388 e. The van der Waals surface area contributed by atoms with E-state index in [9.17, 15) is 5.11 Å². The summed E-state index contributed by atoms with van der Waals surface area (Å²) in [5.74, 6) is 0. The van der Waals surface area contributed by atoms with Gasteiger partial charge in [0.25, 0.3) is 0 Å². The Labute approximate surface area is 110 Å². The van der Waals surface area contributed by atoms with Crippen molar-refractivity contribution in [2.75, 3.05) is 18.0 Å². The molecule has 3 nitrogen and oxygen atoms in total. The molecule has 1 saturated heterocycles. The Kier molecular flexibility index (Phi) is 3.93. The molecule has 2 atom stereocenters. The zero-order valence-corrected chi connectivity index (χ0v) is 11.4. The van der Waals surface area contributed by atoms with Crippen LogP contribution in [0, 0.1) is 0 Å². The van der Waals surface area contributed by atoms with E-state index in [4.69, 9.17) is 5.73 Å². The predicted molar refractivity (Wildman–Crippen MR) is 75.7 cm³/mol. The molecule has 2 unspecified atom stereocenters. The number of benzene rings is 1. The average molecular weight is 248 g/mol. The Balaban J connectivity index is 2.27. The van der Waals surface area contributed by atoms with E-state index in [1.807, 2.05) is 19.1 Å². The summed E-state index contributed by atoms with van der Waals surface area (Å²) in [5.41, 5.74) is 7.98. The van der Waals surface area contributed by atoms with E-state index in [2.05, 4.69) is 24.0 Å². The third-order valence-corrected chi connectivity index (χ3v) is 3.79. The molecule has 100 valence electrons. The summed E-state index contributed by atoms with van der Waals surface area (Å²) >= 11 is 0. The first-order valence-electron chi connectivity index (χ1n) is 6.85. The molecule has 1 fully saturated rings. The molecule has 1 aliphatic heterocycles. The van der Waals surface area contributed by atoms with Crippen molar-refractivity contribution >= 4 is 5.69 Å². The summed E-state index contributed by atoms with van der Waals surface area (Å²) in [6.45, 7) is 5.72. The van der Waals surface area contributed by atoms with E-state index in [1.165, 1.54) is 11.3 Å². The van der Waals surface area contributed by atoms with Crippen molar-refractivity contribution in [1.82, 2.24) is 0 Å². The van der Waals surface area contributed by atoms with E-state index >= 15 is 0 Å². The van der Waals surface area contributed by atoms with Gasteiger partial charge in [0, 0.05) is 24.8 Å². The molecule has 2 rings (SSSR count). The number of nitrogens with zero attached hydrogens (tertiary/aromatic N) is 1. The Morgan fingerprint density at radius 1 is 1.44 bits per heavy atom. The summed E-state index contributed by atoms with van der Waals surface area (Å²) < 4.78 is 0. The molecular weight excluding hydrogens is 224 g/mol. The molecule has 0 saturated carbocycles. The smallest absolute Gasteiger partial charge is 0.0794 e. The number of nitrogens with two attached hydrogens (primary N) is 1. The highest BCUT2D eigenvalue weighted by atomic mass is 16.3. The second-order valence-electron chi connectivity index (χ2n) is 5.60. The van der Waals surface area contributed by atoms with Crippen LogP contribution in [0.5, 0.6) is 0 Å². The lowest BCUT2D eigenvalue weighted by atomic mass is 9.93. The number of rotatable bonds is 3.